The summed E-state index contributed by atoms with van der Waals surface area (Å²) in [5, 5.41) is 11.8. The molecule has 2 rings (SSSR count). The number of para-hydroxylation sites is 1. The highest BCUT2D eigenvalue weighted by Gasteiger charge is 2.30. The Kier molecular flexibility index (Phi) is 7.13. The van der Waals surface area contributed by atoms with Crippen molar-refractivity contribution in [1.82, 2.24) is 0 Å². The summed E-state index contributed by atoms with van der Waals surface area (Å²) in [4.78, 5) is 25.2. The molecule has 5 nitrogen and oxygen atoms in total. The minimum atomic E-state index is -0.973. The highest BCUT2D eigenvalue weighted by molar-refractivity contribution is 5.96. The molecular weight excluding hydrogens is 340 g/mol. The largest absolute Gasteiger partial charge is 0.452 e. The fourth-order valence-corrected chi connectivity index (χ4v) is 2.82. The molecule has 0 fully saturated rings. The van der Waals surface area contributed by atoms with Crippen LogP contribution in [0.3, 0.4) is 0 Å². The van der Waals surface area contributed by atoms with Gasteiger partial charge in [0.2, 0.25) is 0 Å². The summed E-state index contributed by atoms with van der Waals surface area (Å²) < 4.78 is 5.46. The van der Waals surface area contributed by atoms with Crippen LogP contribution in [0.5, 0.6) is 0 Å². The summed E-state index contributed by atoms with van der Waals surface area (Å²) in [6, 6.07) is 18.2. The third-order valence-electron chi connectivity index (χ3n) is 4.59. The zero-order chi connectivity index (χ0) is 19.8. The molecule has 3 atom stereocenters. The van der Waals surface area contributed by atoms with Crippen LogP contribution in [-0.2, 0) is 14.3 Å². The van der Waals surface area contributed by atoms with Gasteiger partial charge in [0.1, 0.15) is 6.07 Å². The van der Waals surface area contributed by atoms with E-state index in [9.17, 15) is 9.59 Å². The van der Waals surface area contributed by atoms with Gasteiger partial charge in [-0.2, -0.15) is 5.26 Å². The first-order valence-electron chi connectivity index (χ1n) is 9.03. The van der Waals surface area contributed by atoms with Crippen molar-refractivity contribution in [1.29, 1.82) is 5.26 Å². The quantitative estimate of drug-likeness (QED) is 0.745. The standard InChI is InChI=1S/C22H24N2O3/c1-4-15(2)20(17-10-6-5-7-11-17)22(26)27-16(3)21(25)24-19-13-9-8-12-18(19)14-23/h5-13,15-16,20H,4H2,1-3H3,(H,24,25)/t15-,16-,20+/m0/s1. The van der Waals surface area contributed by atoms with Gasteiger partial charge >= 0.3 is 5.97 Å². The fraction of sp³-hybridized carbons (Fsp3) is 0.318. The van der Waals surface area contributed by atoms with Gasteiger partial charge in [0.05, 0.1) is 17.2 Å². The van der Waals surface area contributed by atoms with Gasteiger partial charge in [0.25, 0.3) is 5.91 Å². The number of rotatable bonds is 7. The smallest absolute Gasteiger partial charge is 0.314 e. The average Bonchev–Trinajstić information content (AvgIpc) is 2.69. The molecule has 0 aliphatic carbocycles. The number of anilines is 1. The molecule has 0 spiro atoms. The van der Waals surface area contributed by atoms with Crippen LogP contribution < -0.4 is 5.32 Å². The first kappa shape index (κ1) is 20.2. The minimum absolute atomic E-state index is 0.0782. The summed E-state index contributed by atoms with van der Waals surface area (Å²) in [7, 11) is 0. The number of amides is 1. The van der Waals surface area contributed by atoms with E-state index in [1.54, 1.807) is 24.3 Å². The molecule has 1 amide bonds. The van der Waals surface area contributed by atoms with Gasteiger partial charge in [0, 0.05) is 0 Å². The molecule has 0 aliphatic rings. The molecule has 140 valence electrons. The molecule has 0 aromatic heterocycles. The van der Waals surface area contributed by atoms with E-state index in [4.69, 9.17) is 10.00 Å². The van der Waals surface area contributed by atoms with Crippen molar-refractivity contribution in [2.45, 2.75) is 39.2 Å². The number of ether oxygens (including phenoxy) is 1. The first-order valence-corrected chi connectivity index (χ1v) is 9.03. The third-order valence-corrected chi connectivity index (χ3v) is 4.59. The van der Waals surface area contributed by atoms with Gasteiger partial charge < -0.3 is 10.1 Å². The van der Waals surface area contributed by atoms with Crippen molar-refractivity contribution in [3.8, 4) is 6.07 Å². The van der Waals surface area contributed by atoms with E-state index in [0.29, 0.717) is 11.3 Å². The van der Waals surface area contributed by atoms with Crippen molar-refractivity contribution in [3.63, 3.8) is 0 Å². The molecule has 0 saturated heterocycles. The monoisotopic (exact) mass is 364 g/mol. The van der Waals surface area contributed by atoms with Gasteiger partial charge in [0.15, 0.2) is 6.10 Å². The van der Waals surface area contributed by atoms with Gasteiger partial charge in [-0.15, -0.1) is 0 Å². The van der Waals surface area contributed by atoms with Gasteiger partial charge in [-0.1, -0.05) is 62.7 Å². The molecule has 0 bridgehead atoms. The van der Waals surface area contributed by atoms with Gasteiger partial charge in [-0.05, 0) is 30.5 Å². The van der Waals surface area contributed by atoms with Crippen LogP contribution in [0.1, 0.15) is 44.2 Å². The lowest BCUT2D eigenvalue weighted by molar-refractivity contribution is -0.155. The lowest BCUT2D eigenvalue weighted by Crippen LogP contribution is -2.33. The summed E-state index contributed by atoms with van der Waals surface area (Å²) in [6.07, 6.45) is -0.162. The van der Waals surface area contributed by atoms with Crippen LogP contribution in [-0.4, -0.2) is 18.0 Å². The Bertz CT molecular complexity index is 827. The number of carbonyl (C=O) groups excluding carboxylic acids is 2. The van der Waals surface area contributed by atoms with Crippen molar-refractivity contribution in [3.05, 3.63) is 65.7 Å². The molecule has 2 aromatic carbocycles. The number of nitriles is 1. The van der Waals surface area contributed by atoms with Crippen molar-refractivity contribution >= 4 is 17.6 Å². The molecule has 0 heterocycles. The second kappa shape index (κ2) is 9.54. The molecule has 27 heavy (non-hydrogen) atoms. The maximum Gasteiger partial charge on any atom is 0.314 e. The van der Waals surface area contributed by atoms with E-state index in [1.807, 2.05) is 50.2 Å². The number of nitrogens with one attached hydrogen (secondary N) is 1. The summed E-state index contributed by atoms with van der Waals surface area (Å²) in [6.45, 7) is 5.54. The molecule has 0 unspecified atom stereocenters. The van der Waals surface area contributed by atoms with Crippen molar-refractivity contribution < 1.29 is 14.3 Å². The first-order chi connectivity index (χ1) is 13.0. The van der Waals surface area contributed by atoms with E-state index in [-0.39, 0.29) is 5.92 Å². The number of carbonyl (C=O) groups is 2. The topological polar surface area (TPSA) is 79.2 Å². The van der Waals surface area contributed by atoms with Gasteiger partial charge in [-0.25, -0.2) is 0 Å². The van der Waals surface area contributed by atoms with Crippen LogP contribution >= 0.6 is 0 Å². The number of hydrogen-bond acceptors (Lipinski definition) is 4. The normalized spacial score (nSPS) is 13.7. The number of esters is 1. The fourth-order valence-electron chi connectivity index (χ4n) is 2.82. The predicted octanol–water partition coefficient (Wildman–Crippen LogP) is 4.26. The van der Waals surface area contributed by atoms with Crippen LogP contribution in [0.25, 0.3) is 0 Å². The Hall–Kier alpha value is -3.13. The zero-order valence-electron chi connectivity index (χ0n) is 15.8. The molecular formula is C22H24N2O3. The maximum absolute atomic E-state index is 12.8. The Labute approximate surface area is 160 Å². The molecule has 5 heteroatoms. The molecule has 0 saturated carbocycles. The lowest BCUT2D eigenvalue weighted by atomic mass is 9.85. The average molecular weight is 364 g/mol. The number of hydrogen-bond donors (Lipinski definition) is 1. The predicted molar refractivity (Wildman–Crippen MR) is 104 cm³/mol. The third kappa shape index (κ3) is 5.18. The number of nitrogens with zero attached hydrogens (tertiary/aromatic N) is 1. The van der Waals surface area contributed by atoms with Crippen molar-refractivity contribution in [2.75, 3.05) is 5.32 Å². The Morgan fingerprint density at radius 2 is 1.70 bits per heavy atom. The second-order valence-electron chi connectivity index (χ2n) is 6.50. The van der Waals surface area contributed by atoms with Crippen LogP contribution in [0.4, 0.5) is 5.69 Å². The summed E-state index contributed by atoms with van der Waals surface area (Å²) in [5.41, 5.74) is 1.62. The molecule has 2 aromatic rings. The Balaban J connectivity index is 2.10. The summed E-state index contributed by atoms with van der Waals surface area (Å²) >= 11 is 0. The zero-order valence-corrected chi connectivity index (χ0v) is 15.8. The number of benzene rings is 2. The SMILES string of the molecule is CC[C@H](C)[C@@H](C(=O)O[C@@H](C)C(=O)Nc1ccccc1C#N)c1ccccc1. The summed E-state index contributed by atoms with van der Waals surface area (Å²) in [5.74, 6) is -1.25. The Morgan fingerprint density at radius 1 is 1.07 bits per heavy atom. The van der Waals surface area contributed by atoms with E-state index in [1.165, 1.54) is 6.92 Å². The minimum Gasteiger partial charge on any atom is -0.452 e. The van der Waals surface area contributed by atoms with Crippen molar-refractivity contribution in [2.24, 2.45) is 5.92 Å². The maximum atomic E-state index is 12.8. The van der Waals surface area contributed by atoms with Crippen LogP contribution in [0, 0.1) is 17.2 Å². The molecule has 0 radical (unpaired) electrons. The van der Waals surface area contributed by atoms with E-state index >= 15 is 0 Å². The highest BCUT2D eigenvalue weighted by Crippen LogP contribution is 2.28. The molecule has 0 aliphatic heterocycles. The van der Waals surface area contributed by atoms with Crippen LogP contribution in [0.2, 0.25) is 0 Å². The van der Waals surface area contributed by atoms with E-state index in [2.05, 4.69) is 5.32 Å². The molecule has 1 N–H and O–H groups in total. The van der Waals surface area contributed by atoms with Gasteiger partial charge in [-0.3, -0.25) is 9.59 Å². The van der Waals surface area contributed by atoms with Crippen LogP contribution in [0.15, 0.2) is 54.6 Å². The van der Waals surface area contributed by atoms with E-state index < -0.39 is 23.9 Å². The lowest BCUT2D eigenvalue weighted by Gasteiger charge is -2.24. The van der Waals surface area contributed by atoms with E-state index in [0.717, 1.165) is 12.0 Å². The highest BCUT2D eigenvalue weighted by atomic mass is 16.5. The Morgan fingerprint density at radius 3 is 2.33 bits per heavy atom. The second-order valence-corrected chi connectivity index (χ2v) is 6.50.